The molecule has 0 heterocycles. The smallest absolute Gasteiger partial charge is 0.490 e. The van der Waals surface area contributed by atoms with Crippen molar-refractivity contribution in [3.63, 3.8) is 0 Å². The molecule has 0 saturated carbocycles. The Balaban J connectivity index is 0. The average Bonchev–Trinajstić information content (AvgIpc) is 3.15. The minimum atomic E-state index is -5.08. The number of anilines is 2. The van der Waals surface area contributed by atoms with Gasteiger partial charge in [0.25, 0.3) is 0 Å². The third-order valence-corrected chi connectivity index (χ3v) is 8.57. The summed E-state index contributed by atoms with van der Waals surface area (Å²) in [5.74, 6) is -5.95. The maximum atomic E-state index is 12.3. The van der Waals surface area contributed by atoms with Gasteiger partial charge in [-0.1, -0.05) is 103 Å². The molecule has 0 aromatic heterocycles. The lowest BCUT2D eigenvalue weighted by Gasteiger charge is -2.11. The molecule has 5 N–H and O–H groups in total. The molecule has 19 heteroatoms. The summed E-state index contributed by atoms with van der Waals surface area (Å²) in [6.45, 7) is 3.08. The molecule has 10 nitrogen and oxygen atoms in total. The maximum absolute atomic E-state index is 12.3. The second kappa shape index (κ2) is 34.3. The van der Waals surface area contributed by atoms with Crippen LogP contribution in [-0.2, 0) is 14.4 Å². The van der Waals surface area contributed by atoms with Crippen molar-refractivity contribution in [2.75, 3.05) is 35.4 Å². The number of rotatable bonds is 24. The van der Waals surface area contributed by atoms with Gasteiger partial charge < -0.3 is 30.7 Å². The SMILES string of the molecule is CCCCCCCCCCCCCCCCCCOc1ccc(NCC(=O)Nc2ccc(SC)c(C(=O)O)c2)cc1.ClCCl.O=C(O)C(F)(F)F.O=C(O)C(F)(F)F. The van der Waals surface area contributed by atoms with Gasteiger partial charge in [-0.2, -0.15) is 26.3 Å². The Morgan fingerprint density at radius 1 is 0.655 bits per heavy atom. The number of carbonyl (C=O) groups excluding carboxylic acids is 1. The van der Waals surface area contributed by atoms with Crippen LogP contribution in [-0.4, -0.2) is 76.2 Å². The summed E-state index contributed by atoms with van der Waals surface area (Å²) in [4.78, 5) is 42.2. The van der Waals surface area contributed by atoms with E-state index in [1.807, 2.05) is 30.5 Å². The summed E-state index contributed by atoms with van der Waals surface area (Å²) in [6.07, 6.45) is 13.4. The molecule has 0 unspecified atom stereocenters. The van der Waals surface area contributed by atoms with Crippen LogP contribution >= 0.6 is 35.0 Å². The molecule has 58 heavy (non-hydrogen) atoms. The van der Waals surface area contributed by atoms with Crippen molar-refractivity contribution < 1.29 is 65.6 Å². The van der Waals surface area contributed by atoms with Crippen LogP contribution in [0.5, 0.6) is 5.75 Å². The molecule has 0 aliphatic heterocycles. The van der Waals surface area contributed by atoms with Crippen LogP contribution in [0.4, 0.5) is 37.7 Å². The number of benzene rings is 2. The first-order valence-electron chi connectivity index (χ1n) is 18.7. The number of nitrogens with one attached hydrogen (secondary N) is 2. The molecule has 2 aromatic carbocycles. The second-order valence-electron chi connectivity index (χ2n) is 12.5. The number of unbranched alkanes of at least 4 members (excludes halogenated alkanes) is 15. The first-order chi connectivity index (χ1) is 27.3. The van der Waals surface area contributed by atoms with Crippen molar-refractivity contribution in [3.8, 4) is 5.75 Å². The summed E-state index contributed by atoms with van der Waals surface area (Å²) in [5.41, 5.74) is 1.46. The third-order valence-electron chi connectivity index (χ3n) is 7.77. The van der Waals surface area contributed by atoms with Crippen molar-refractivity contribution >= 4 is 70.2 Å². The highest BCUT2D eigenvalue weighted by atomic mass is 35.5. The summed E-state index contributed by atoms with van der Waals surface area (Å²) in [6, 6.07) is 12.5. The highest BCUT2D eigenvalue weighted by molar-refractivity contribution is 7.98. The number of hydrogen-bond acceptors (Lipinski definition) is 7. The summed E-state index contributed by atoms with van der Waals surface area (Å²) >= 11 is 10.9. The lowest BCUT2D eigenvalue weighted by Crippen LogP contribution is -2.22. The predicted octanol–water partition coefficient (Wildman–Crippen LogP) is 12.5. The van der Waals surface area contributed by atoms with Crippen molar-refractivity contribution in [2.45, 2.75) is 127 Å². The van der Waals surface area contributed by atoms with E-state index in [0.29, 0.717) is 10.6 Å². The fraction of sp³-hybridized carbons (Fsp3) is 0.590. The molecule has 2 rings (SSSR count). The highest BCUT2D eigenvalue weighted by Crippen LogP contribution is 2.24. The van der Waals surface area contributed by atoms with Crippen molar-refractivity contribution in [1.82, 2.24) is 0 Å². The van der Waals surface area contributed by atoms with Crippen molar-refractivity contribution in [3.05, 3.63) is 48.0 Å². The minimum Gasteiger partial charge on any atom is -0.494 e. The molecule has 0 aliphatic carbocycles. The van der Waals surface area contributed by atoms with Gasteiger partial charge in [0.05, 0.1) is 24.1 Å². The Morgan fingerprint density at radius 2 is 1.03 bits per heavy atom. The van der Waals surface area contributed by atoms with E-state index in [4.69, 9.17) is 47.7 Å². The first kappa shape index (κ1) is 56.5. The van der Waals surface area contributed by atoms with Crippen molar-refractivity contribution in [2.24, 2.45) is 0 Å². The number of aliphatic carboxylic acids is 2. The lowest BCUT2D eigenvalue weighted by molar-refractivity contribution is -0.193. The zero-order valence-electron chi connectivity index (χ0n) is 32.8. The van der Waals surface area contributed by atoms with Gasteiger partial charge in [-0.3, -0.25) is 4.79 Å². The average molecular weight is 898 g/mol. The molecule has 0 fully saturated rings. The zero-order valence-corrected chi connectivity index (χ0v) is 35.1. The van der Waals surface area contributed by atoms with E-state index >= 15 is 0 Å². The van der Waals surface area contributed by atoms with Crippen LogP contribution in [0.25, 0.3) is 0 Å². The maximum Gasteiger partial charge on any atom is 0.490 e. The molecule has 0 aliphatic rings. The predicted molar refractivity (Wildman–Crippen MR) is 218 cm³/mol. The van der Waals surface area contributed by atoms with Crippen LogP contribution < -0.4 is 15.4 Å². The lowest BCUT2D eigenvalue weighted by atomic mass is 10.0. The molecular weight excluding hydrogens is 841 g/mol. The van der Waals surface area contributed by atoms with E-state index in [1.165, 1.54) is 114 Å². The molecule has 0 radical (unpaired) electrons. The second-order valence-corrected chi connectivity index (χ2v) is 14.2. The van der Waals surface area contributed by atoms with Gasteiger partial charge >= 0.3 is 30.3 Å². The van der Waals surface area contributed by atoms with Gasteiger partial charge in [-0.25, -0.2) is 14.4 Å². The van der Waals surface area contributed by atoms with Gasteiger partial charge in [-0.05, 0) is 55.1 Å². The fourth-order valence-electron chi connectivity index (χ4n) is 4.85. The summed E-state index contributed by atoms with van der Waals surface area (Å²) in [5, 5.41) is 29.6. The molecule has 0 spiro atoms. The third kappa shape index (κ3) is 32.4. The largest absolute Gasteiger partial charge is 0.494 e. The van der Waals surface area contributed by atoms with E-state index in [1.54, 1.807) is 12.1 Å². The number of carbonyl (C=O) groups is 4. The normalized spacial score (nSPS) is 10.7. The number of carboxylic acids is 3. The molecular formula is C39H56Cl2F6N2O8S. The van der Waals surface area contributed by atoms with Crippen LogP contribution in [0, 0.1) is 0 Å². The Labute approximate surface area is 350 Å². The van der Waals surface area contributed by atoms with Gasteiger partial charge in [-0.15, -0.1) is 35.0 Å². The zero-order chi connectivity index (χ0) is 44.4. The highest BCUT2D eigenvalue weighted by Gasteiger charge is 2.38. The van der Waals surface area contributed by atoms with E-state index in [-0.39, 0.29) is 23.4 Å². The van der Waals surface area contributed by atoms with Crippen LogP contribution in [0.1, 0.15) is 120 Å². The number of thioether (sulfide) groups is 1. The molecule has 332 valence electrons. The number of halogens is 8. The summed E-state index contributed by atoms with van der Waals surface area (Å²) in [7, 11) is 0. The van der Waals surface area contributed by atoms with Crippen LogP contribution in [0.15, 0.2) is 47.4 Å². The van der Waals surface area contributed by atoms with Gasteiger partial charge in [0.15, 0.2) is 0 Å². The number of carboxylic acid groups (broad SMARTS) is 3. The van der Waals surface area contributed by atoms with E-state index < -0.39 is 30.3 Å². The number of amides is 1. The Hall–Kier alpha value is -3.57. The Bertz CT molecular complexity index is 1400. The minimum absolute atomic E-state index is 0.0755. The fourth-order valence-corrected chi connectivity index (χ4v) is 5.42. The quantitative estimate of drug-likeness (QED) is 0.0297. The number of hydrogen-bond donors (Lipinski definition) is 5. The standard InChI is InChI=1S/C34H52N2O4S.2C2HF3O2.CH2Cl2/c1-3-4-5-6-7-8-9-10-11-12-13-14-15-16-17-18-25-40-30-22-19-28(20-23-30)35-27-33(37)36-29-21-24-32(41-2)31(26-29)34(38)39;2*3-2(4,5)1(6)7;2-1-3/h19-24,26,35H,3-18,25,27H2,1-2H3,(H,36,37)(H,38,39);2*(H,6,7);1H2. The van der Waals surface area contributed by atoms with Crippen LogP contribution in [0.2, 0.25) is 0 Å². The van der Waals surface area contributed by atoms with Gasteiger partial charge in [0.2, 0.25) is 5.91 Å². The summed E-state index contributed by atoms with van der Waals surface area (Å²) < 4.78 is 69.3. The van der Waals surface area contributed by atoms with Crippen molar-refractivity contribution in [1.29, 1.82) is 0 Å². The molecule has 2 aromatic rings. The van der Waals surface area contributed by atoms with E-state index in [9.17, 15) is 41.0 Å². The Kier molecular flexibility index (Phi) is 33.4. The van der Waals surface area contributed by atoms with E-state index in [2.05, 4.69) is 17.6 Å². The molecule has 0 atom stereocenters. The molecule has 0 saturated heterocycles. The first-order valence-corrected chi connectivity index (χ1v) is 21.0. The molecule has 1 amide bonds. The number of alkyl halides is 8. The number of aromatic carboxylic acids is 1. The topological polar surface area (TPSA) is 162 Å². The van der Waals surface area contributed by atoms with Crippen LogP contribution in [0.3, 0.4) is 0 Å². The van der Waals surface area contributed by atoms with E-state index in [0.717, 1.165) is 24.5 Å². The monoisotopic (exact) mass is 896 g/mol. The van der Waals surface area contributed by atoms with Gasteiger partial charge in [0.1, 0.15) is 5.75 Å². The Morgan fingerprint density at radius 3 is 1.40 bits per heavy atom. The number of ether oxygens (including phenoxy) is 1. The van der Waals surface area contributed by atoms with Gasteiger partial charge in [0, 0.05) is 16.3 Å². The molecule has 0 bridgehead atoms.